The number of benzene rings is 1. The van der Waals surface area contributed by atoms with E-state index in [0.717, 1.165) is 12.3 Å². The number of nitrogens with zero attached hydrogens (tertiary/aromatic N) is 1. The van der Waals surface area contributed by atoms with Gasteiger partial charge in [-0.25, -0.2) is 0 Å². The van der Waals surface area contributed by atoms with Crippen molar-refractivity contribution in [2.75, 3.05) is 12.0 Å². The van der Waals surface area contributed by atoms with Gasteiger partial charge >= 0.3 is 0 Å². The lowest BCUT2D eigenvalue weighted by atomic mass is 10.1. The molecule has 0 amide bonds. The minimum Gasteiger partial charge on any atom is -0.346 e. The van der Waals surface area contributed by atoms with Crippen molar-refractivity contribution in [3.05, 3.63) is 35.5 Å². The van der Waals surface area contributed by atoms with Gasteiger partial charge in [0.25, 0.3) is 0 Å². The summed E-state index contributed by atoms with van der Waals surface area (Å²) in [6.07, 6.45) is 2.15. The van der Waals surface area contributed by atoms with Crippen LogP contribution in [0.2, 0.25) is 0 Å². The summed E-state index contributed by atoms with van der Waals surface area (Å²) in [5.41, 5.74) is 4.12. The van der Waals surface area contributed by atoms with Gasteiger partial charge in [-0.2, -0.15) is 11.8 Å². The van der Waals surface area contributed by atoms with Gasteiger partial charge in [-0.1, -0.05) is 18.2 Å². The number of nitrogens with one attached hydrogen (secondary N) is 1. The minimum atomic E-state index is 0.553. The molecular formula is C15H22N2S. The van der Waals surface area contributed by atoms with Gasteiger partial charge in [-0.3, -0.25) is 0 Å². The van der Waals surface area contributed by atoms with Crippen molar-refractivity contribution < 1.29 is 0 Å². The molecule has 0 saturated heterocycles. The van der Waals surface area contributed by atoms with Crippen molar-refractivity contribution >= 4 is 22.7 Å². The molecule has 98 valence electrons. The van der Waals surface area contributed by atoms with Crippen molar-refractivity contribution in [3.63, 3.8) is 0 Å². The zero-order valence-electron chi connectivity index (χ0n) is 11.7. The molecule has 1 aromatic carbocycles. The molecule has 0 aliphatic rings. The Balaban J connectivity index is 2.23. The monoisotopic (exact) mass is 262 g/mol. The summed E-state index contributed by atoms with van der Waals surface area (Å²) in [5, 5.41) is 4.97. The van der Waals surface area contributed by atoms with Gasteiger partial charge in [-0.05, 0) is 31.7 Å². The van der Waals surface area contributed by atoms with Crippen LogP contribution in [-0.2, 0) is 13.6 Å². The number of rotatable bonds is 5. The van der Waals surface area contributed by atoms with E-state index in [4.69, 9.17) is 0 Å². The van der Waals surface area contributed by atoms with E-state index in [0.29, 0.717) is 6.04 Å². The molecule has 1 aromatic heterocycles. The molecule has 2 aromatic rings. The molecule has 2 rings (SSSR count). The molecule has 2 nitrogen and oxygen atoms in total. The van der Waals surface area contributed by atoms with Crippen LogP contribution >= 0.6 is 11.8 Å². The van der Waals surface area contributed by atoms with Crippen LogP contribution < -0.4 is 5.32 Å². The van der Waals surface area contributed by atoms with Crippen molar-refractivity contribution in [2.24, 2.45) is 7.05 Å². The van der Waals surface area contributed by atoms with Gasteiger partial charge < -0.3 is 9.88 Å². The van der Waals surface area contributed by atoms with E-state index < -0.39 is 0 Å². The first-order valence-corrected chi connectivity index (χ1v) is 7.79. The largest absolute Gasteiger partial charge is 0.346 e. The summed E-state index contributed by atoms with van der Waals surface area (Å²) >= 11 is 1.89. The molecule has 1 atom stereocenters. The molecule has 3 heteroatoms. The Hall–Kier alpha value is -0.930. The average molecular weight is 262 g/mol. The summed E-state index contributed by atoms with van der Waals surface area (Å²) in [6, 6.07) is 9.17. The number of thioether (sulfide) groups is 1. The lowest BCUT2D eigenvalue weighted by molar-refractivity contribution is 0.577. The van der Waals surface area contributed by atoms with Gasteiger partial charge in [0.15, 0.2) is 0 Å². The zero-order valence-corrected chi connectivity index (χ0v) is 12.5. The summed E-state index contributed by atoms with van der Waals surface area (Å²) in [5.74, 6) is 1.16. The molecule has 0 spiro atoms. The standard InChI is InChI=1S/C15H22N2S/c1-11(10-18-4)16-9-15-12(2)13-7-5-6-8-14(13)17(15)3/h5-8,11,16H,9-10H2,1-4H3. The molecule has 0 radical (unpaired) electrons. The Morgan fingerprint density at radius 3 is 2.72 bits per heavy atom. The zero-order chi connectivity index (χ0) is 13.1. The van der Waals surface area contributed by atoms with Crippen LogP contribution in [0.15, 0.2) is 24.3 Å². The van der Waals surface area contributed by atoms with Gasteiger partial charge in [-0.15, -0.1) is 0 Å². The van der Waals surface area contributed by atoms with Gasteiger partial charge in [0, 0.05) is 42.0 Å². The van der Waals surface area contributed by atoms with E-state index in [2.05, 4.69) is 61.3 Å². The highest BCUT2D eigenvalue weighted by Gasteiger charge is 2.11. The lowest BCUT2D eigenvalue weighted by Crippen LogP contribution is -2.28. The summed E-state index contributed by atoms with van der Waals surface area (Å²) in [4.78, 5) is 0. The second-order valence-corrected chi connectivity index (χ2v) is 5.80. The van der Waals surface area contributed by atoms with Crippen LogP contribution in [0.1, 0.15) is 18.2 Å². The van der Waals surface area contributed by atoms with Gasteiger partial charge in [0.2, 0.25) is 0 Å². The van der Waals surface area contributed by atoms with Crippen molar-refractivity contribution in [3.8, 4) is 0 Å². The maximum atomic E-state index is 3.60. The molecule has 1 N–H and O–H groups in total. The lowest BCUT2D eigenvalue weighted by Gasteiger charge is -2.13. The van der Waals surface area contributed by atoms with E-state index >= 15 is 0 Å². The van der Waals surface area contributed by atoms with Crippen molar-refractivity contribution in [1.29, 1.82) is 0 Å². The maximum absolute atomic E-state index is 3.60. The molecule has 1 unspecified atom stereocenters. The molecule has 0 fully saturated rings. The number of aryl methyl sites for hydroxylation is 2. The number of hydrogen-bond acceptors (Lipinski definition) is 2. The van der Waals surface area contributed by atoms with E-state index in [1.54, 1.807) is 0 Å². The first-order valence-electron chi connectivity index (χ1n) is 6.40. The highest BCUT2D eigenvalue weighted by atomic mass is 32.2. The number of fused-ring (bicyclic) bond motifs is 1. The van der Waals surface area contributed by atoms with Crippen LogP contribution in [0.4, 0.5) is 0 Å². The van der Waals surface area contributed by atoms with Crippen LogP contribution in [0.5, 0.6) is 0 Å². The van der Waals surface area contributed by atoms with Crippen LogP contribution in [0.25, 0.3) is 10.9 Å². The SMILES string of the molecule is CSCC(C)NCc1c(C)c2ccccc2n1C. The number of para-hydroxylation sites is 1. The quantitative estimate of drug-likeness (QED) is 0.890. The fraction of sp³-hybridized carbons (Fsp3) is 0.467. The topological polar surface area (TPSA) is 17.0 Å². The summed E-state index contributed by atoms with van der Waals surface area (Å²) in [6.45, 7) is 5.41. The molecular weight excluding hydrogens is 240 g/mol. The Morgan fingerprint density at radius 2 is 2.06 bits per heavy atom. The van der Waals surface area contributed by atoms with Crippen molar-refractivity contribution in [1.82, 2.24) is 9.88 Å². The second-order valence-electron chi connectivity index (χ2n) is 4.89. The third-order valence-corrected chi connectivity index (χ3v) is 4.38. The Kier molecular flexibility index (Phi) is 4.36. The summed E-state index contributed by atoms with van der Waals surface area (Å²) < 4.78 is 2.31. The van der Waals surface area contributed by atoms with Crippen LogP contribution in [-0.4, -0.2) is 22.6 Å². The molecule has 0 bridgehead atoms. The Bertz CT molecular complexity index is 492. The van der Waals surface area contributed by atoms with E-state index in [1.165, 1.54) is 22.2 Å². The molecule has 0 aliphatic carbocycles. The molecule has 0 aliphatic heterocycles. The predicted molar refractivity (Wildman–Crippen MR) is 82.3 cm³/mol. The second kappa shape index (κ2) is 5.81. The van der Waals surface area contributed by atoms with E-state index in [1.807, 2.05) is 11.8 Å². The minimum absolute atomic E-state index is 0.553. The first-order chi connectivity index (χ1) is 8.65. The number of aromatic nitrogens is 1. The van der Waals surface area contributed by atoms with E-state index in [-0.39, 0.29) is 0 Å². The van der Waals surface area contributed by atoms with Crippen LogP contribution in [0, 0.1) is 6.92 Å². The fourth-order valence-corrected chi connectivity index (χ4v) is 3.08. The normalized spacial score (nSPS) is 13.1. The Labute approximate surface area is 114 Å². The molecule has 0 saturated carbocycles. The molecule has 1 heterocycles. The highest BCUT2D eigenvalue weighted by molar-refractivity contribution is 7.98. The third-order valence-electron chi connectivity index (χ3n) is 3.54. The van der Waals surface area contributed by atoms with Crippen LogP contribution in [0.3, 0.4) is 0 Å². The fourth-order valence-electron chi connectivity index (χ4n) is 2.47. The first kappa shape index (κ1) is 13.5. The molecule has 18 heavy (non-hydrogen) atoms. The Morgan fingerprint density at radius 1 is 1.33 bits per heavy atom. The van der Waals surface area contributed by atoms with Gasteiger partial charge in [0.1, 0.15) is 0 Å². The maximum Gasteiger partial charge on any atom is 0.0483 e. The predicted octanol–water partition coefficient (Wildman–Crippen LogP) is 3.33. The number of hydrogen-bond donors (Lipinski definition) is 1. The van der Waals surface area contributed by atoms with E-state index in [9.17, 15) is 0 Å². The van der Waals surface area contributed by atoms with Crippen molar-refractivity contribution in [2.45, 2.75) is 26.4 Å². The summed E-state index contributed by atoms with van der Waals surface area (Å²) in [7, 11) is 2.16. The highest BCUT2D eigenvalue weighted by Crippen LogP contribution is 2.24. The average Bonchev–Trinajstić information content (AvgIpc) is 2.61. The van der Waals surface area contributed by atoms with Gasteiger partial charge in [0.05, 0.1) is 0 Å². The smallest absolute Gasteiger partial charge is 0.0483 e. The third kappa shape index (κ3) is 2.57.